The standard InChI is InChI=1S/C7H3ClF3N3/c8-5-3(1-12)4(7(9,10)11)2-14-6(5)13/h2H,(H2,13,14). The van der Waals surface area contributed by atoms with Crippen molar-refractivity contribution in [3.63, 3.8) is 0 Å². The van der Waals surface area contributed by atoms with Gasteiger partial charge in [0.25, 0.3) is 0 Å². The molecule has 7 heteroatoms. The Morgan fingerprint density at radius 3 is 2.50 bits per heavy atom. The molecule has 3 nitrogen and oxygen atoms in total. The molecule has 1 heterocycles. The van der Waals surface area contributed by atoms with Crippen molar-refractivity contribution in [3.05, 3.63) is 22.3 Å². The van der Waals surface area contributed by atoms with Crippen LogP contribution in [0.1, 0.15) is 11.1 Å². The predicted octanol–water partition coefficient (Wildman–Crippen LogP) is 2.21. The third kappa shape index (κ3) is 1.72. The first-order valence-corrected chi connectivity index (χ1v) is 3.67. The van der Waals surface area contributed by atoms with Crippen LogP contribution in [0, 0.1) is 11.3 Å². The van der Waals surface area contributed by atoms with Crippen LogP contribution in [0.25, 0.3) is 0 Å². The molecule has 0 aromatic carbocycles. The monoisotopic (exact) mass is 221 g/mol. The van der Waals surface area contributed by atoms with Gasteiger partial charge in [0.05, 0.1) is 11.1 Å². The van der Waals surface area contributed by atoms with Gasteiger partial charge in [-0.2, -0.15) is 18.4 Å². The fourth-order valence-corrected chi connectivity index (χ4v) is 1.02. The van der Waals surface area contributed by atoms with Crippen molar-refractivity contribution in [1.82, 2.24) is 4.98 Å². The maximum Gasteiger partial charge on any atom is 0.419 e. The molecule has 0 atom stereocenters. The molecule has 0 amide bonds. The molecule has 0 radical (unpaired) electrons. The molecule has 0 saturated carbocycles. The van der Waals surface area contributed by atoms with Crippen LogP contribution >= 0.6 is 11.6 Å². The van der Waals surface area contributed by atoms with Crippen molar-refractivity contribution in [1.29, 1.82) is 5.26 Å². The highest BCUT2D eigenvalue weighted by Gasteiger charge is 2.35. The van der Waals surface area contributed by atoms with E-state index in [0.717, 1.165) is 0 Å². The number of nitrogens with two attached hydrogens (primary N) is 1. The molecular formula is C7H3ClF3N3. The van der Waals surface area contributed by atoms with E-state index in [1.54, 1.807) is 0 Å². The molecule has 0 aliphatic carbocycles. The van der Waals surface area contributed by atoms with Crippen LogP contribution < -0.4 is 5.73 Å². The van der Waals surface area contributed by atoms with Crippen LogP contribution in [0.15, 0.2) is 6.20 Å². The van der Waals surface area contributed by atoms with Gasteiger partial charge in [-0.1, -0.05) is 11.6 Å². The van der Waals surface area contributed by atoms with Gasteiger partial charge in [0.15, 0.2) is 0 Å². The quantitative estimate of drug-likeness (QED) is 0.731. The second-order valence-corrected chi connectivity index (χ2v) is 2.73. The summed E-state index contributed by atoms with van der Waals surface area (Å²) < 4.78 is 36.8. The Morgan fingerprint density at radius 1 is 1.50 bits per heavy atom. The zero-order valence-electron chi connectivity index (χ0n) is 6.56. The van der Waals surface area contributed by atoms with E-state index in [9.17, 15) is 13.2 Å². The third-order valence-corrected chi connectivity index (χ3v) is 1.85. The van der Waals surface area contributed by atoms with Crippen LogP contribution in [0.5, 0.6) is 0 Å². The minimum atomic E-state index is -4.66. The summed E-state index contributed by atoms with van der Waals surface area (Å²) in [6.45, 7) is 0. The molecule has 0 fully saturated rings. The van der Waals surface area contributed by atoms with Crippen molar-refractivity contribution in [2.75, 3.05) is 5.73 Å². The van der Waals surface area contributed by atoms with Crippen LogP contribution in [0.3, 0.4) is 0 Å². The van der Waals surface area contributed by atoms with Crippen LogP contribution in [-0.2, 0) is 6.18 Å². The molecule has 74 valence electrons. The number of rotatable bonds is 0. The second-order valence-electron chi connectivity index (χ2n) is 2.36. The van der Waals surface area contributed by atoms with Crippen molar-refractivity contribution in [2.24, 2.45) is 0 Å². The second kappa shape index (κ2) is 3.35. The van der Waals surface area contributed by atoms with Gasteiger partial charge in [-0.15, -0.1) is 0 Å². The Bertz CT molecular complexity index is 408. The fourth-order valence-electron chi connectivity index (χ4n) is 0.826. The zero-order chi connectivity index (χ0) is 10.9. The van der Waals surface area contributed by atoms with Gasteiger partial charge < -0.3 is 5.73 Å². The van der Waals surface area contributed by atoms with E-state index in [2.05, 4.69) is 4.98 Å². The number of nitriles is 1. The lowest BCUT2D eigenvalue weighted by atomic mass is 10.1. The lowest BCUT2D eigenvalue weighted by Gasteiger charge is -2.09. The number of halogens is 4. The molecular weight excluding hydrogens is 219 g/mol. The first-order chi connectivity index (χ1) is 6.38. The maximum absolute atomic E-state index is 12.3. The fraction of sp³-hybridized carbons (Fsp3) is 0.143. The molecule has 1 rings (SSSR count). The average molecular weight is 222 g/mol. The topological polar surface area (TPSA) is 62.7 Å². The normalized spacial score (nSPS) is 11.1. The van der Waals surface area contributed by atoms with Crippen molar-refractivity contribution >= 4 is 17.4 Å². The smallest absolute Gasteiger partial charge is 0.382 e. The molecule has 0 saturated heterocycles. The van der Waals surface area contributed by atoms with E-state index in [0.29, 0.717) is 6.20 Å². The highest BCUT2D eigenvalue weighted by molar-refractivity contribution is 6.34. The molecule has 0 aliphatic rings. The summed E-state index contributed by atoms with van der Waals surface area (Å²) in [5.41, 5.74) is 3.26. The number of pyridine rings is 1. The Balaban J connectivity index is 3.49. The van der Waals surface area contributed by atoms with Gasteiger partial charge in [0.1, 0.15) is 16.9 Å². The predicted molar refractivity (Wildman–Crippen MR) is 43.4 cm³/mol. The number of aromatic nitrogens is 1. The molecule has 1 aromatic heterocycles. The van der Waals surface area contributed by atoms with Gasteiger partial charge >= 0.3 is 6.18 Å². The number of nitrogens with zero attached hydrogens (tertiary/aromatic N) is 2. The Hall–Kier alpha value is -1.48. The van der Waals surface area contributed by atoms with Crippen molar-refractivity contribution < 1.29 is 13.2 Å². The maximum atomic E-state index is 12.3. The van der Waals surface area contributed by atoms with Gasteiger partial charge in [0.2, 0.25) is 0 Å². The first kappa shape index (κ1) is 10.6. The summed E-state index contributed by atoms with van der Waals surface area (Å²) in [5, 5.41) is 8.00. The molecule has 2 N–H and O–H groups in total. The van der Waals surface area contributed by atoms with Crippen LogP contribution in [-0.4, -0.2) is 4.98 Å². The van der Waals surface area contributed by atoms with E-state index in [-0.39, 0.29) is 5.82 Å². The van der Waals surface area contributed by atoms with E-state index in [1.165, 1.54) is 6.07 Å². The van der Waals surface area contributed by atoms with E-state index in [4.69, 9.17) is 22.6 Å². The lowest BCUT2D eigenvalue weighted by molar-refractivity contribution is -0.138. The minimum absolute atomic E-state index is 0.295. The SMILES string of the molecule is N#Cc1c(C(F)(F)F)cnc(N)c1Cl. The van der Waals surface area contributed by atoms with E-state index >= 15 is 0 Å². The van der Waals surface area contributed by atoms with E-state index < -0.39 is 22.3 Å². The van der Waals surface area contributed by atoms with Gasteiger partial charge in [0, 0.05) is 6.20 Å². The highest BCUT2D eigenvalue weighted by Crippen LogP contribution is 2.35. The molecule has 14 heavy (non-hydrogen) atoms. The summed E-state index contributed by atoms with van der Waals surface area (Å²) in [4.78, 5) is 3.23. The summed E-state index contributed by atoms with van der Waals surface area (Å²) in [7, 11) is 0. The molecule has 0 unspecified atom stereocenters. The number of anilines is 1. The molecule has 0 aliphatic heterocycles. The van der Waals surface area contributed by atoms with Crippen LogP contribution in [0.4, 0.5) is 19.0 Å². The number of nitrogen functional groups attached to an aromatic ring is 1. The third-order valence-electron chi connectivity index (χ3n) is 1.46. The number of alkyl halides is 3. The Morgan fingerprint density at radius 2 is 2.07 bits per heavy atom. The zero-order valence-corrected chi connectivity index (χ0v) is 7.32. The summed E-state index contributed by atoms with van der Waals surface area (Å²) in [6.07, 6.45) is -4.17. The Labute approximate surface area is 81.9 Å². The molecule has 0 bridgehead atoms. The molecule has 0 spiro atoms. The summed E-state index contributed by atoms with van der Waals surface area (Å²) >= 11 is 5.39. The van der Waals surface area contributed by atoms with Crippen LogP contribution in [0.2, 0.25) is 5.02 Å². The van der Waals surface area contributed by atoms with Crippen molar-refractivity contribution in [3.8, 4) is 6.07 Å². The molecule has 1 aromatic rings. The summed E-state index contributed by atoms with van der Waals surface area (Å²) in [5.74, 6) is -0.295. The van der Waals surface area contributed by atoms with Crippen molar-refractivity contribution in [2.45, 2.75) is 6.18 Å². The number of hydrogen-bond donors (Lipinski definition) is 1. The highest BCUT2D eigenvalue weighted by atomic mass is 35.5. The Kier molecular flexibility index (Phi) is 2.53. The first-order valence-electron chi connectivity index (χ1n) is 3.29. The van der Waals surface area contributed by atoms with Gasteiger partial charge in [-0.05, 0) is 0 Å². The van der Waals surface area contributed by atoms with Gasteiger partial charge in [-0.25, -0.2) is 4.98 Å². The van der Waals surface area contributed by atoms with Gasteiger partial charge in [-0.3, -0.25) is 0 Å². The summed E-state index contributed by atoms with van der Waals surface area (Å²) in [6, 6.07) is 1.34. The average Bonchev–Trinajstić information content (AvgIpc) is 2.07. The lowest BCUT2D eigenvalue weighted by Crippen LogP contribution is -2.10. The van der Waals surface area contributed by atoms with E-state index in [1.807, 2.05) is 0 Å². The minimum Gasteiger partial charge on any atom is -0.382 e. The number of hydrogen-bond acceptors (Lipinski definition) is 3. The largest absolute Gasteiger partial charge is 0.419 e.